The Labute approximate surface area is 83.9 Å². The Kier molecular flexibility index (Phi) is 2.66. The number of hydrogen-bond acceptors (Lipinski definition) is 2. The molecule has 1 aliphatic carbocycles. The smallest absolute Gasteiger partial charge is 0.169 e. The Morgan fingerprint density at radius 1 is 1.57 bits per heavy atom. The van der Waals surface area contributed by atoms with Gasteiger partial charge in [0.1, 0.15) is 0 Å². The standard InChI is InChI=1S/C11H16N2O/c1-8-3-2-4-9(5-8)11(14)10-6-12-13-7-10/h6-9H,2-5H2,1H3,(H,12,13). The second kappa shape index (κ2) is 3.95. The molecule has 1 N–H and O–H groups in total. The molecule has 3 heteroatoms. The summed E-state index contributed by atoms with van der Waals surface area (Å²) in [6.07, 6.45) is 7.88. The molecular weight excluding hydrogens is 176 g/mol. The molecule has 3 nitrogen and oxygen atoms in total. The van der Waals surface area contributed by atoms with E-state index in [0.29, 0.717) is 5.92 Å². The SMILES string of the molecule is CC1CCCC(C(=O)c2cn[nH]c2)C1. The van der Waals surface area contributed by atoms with Crippen molar-refractivity contribution in [3.63, 3.8) is 0 Å². The lowest BCUT2D eigenvalue weighted by Gasteiger charge is -2.25. The van der Waals surface area contributed by atoms with Crippen molar-refractivity contribution in [3.8, 4) is 0 Å². The van der Waals surface area contributed by atoms with Crippen molar-refractivity contribution in [2.75, 3.05) is 0 Å². The largest absolute Gasteiger partial charge is 0.294 e. The van der Waals surface area contributed by atoms with Crippen LogP contribution in [0.15, 0.2) is 12.4 Å². The minimum Gasteiger partial charge on any atom is -0.294 e. The molecule has 1 aromatic rings. The van der Waals surface area contributed by atoms with Crippen LogP contribution < -0.4 is 0 Å². The molecule has 0 amide bonds. The fourth-order valence-electron chi connectivity index (χ4n) is 2.29. The zero-order valence-electron chi connectivity index (χ0n) is 8.49. The van der Waals surface area contributed by atoms with E-state index in [9.17, 15) is 4.79 Å². The summed E-state index contributed by atoms with van der Waals surface area (Å²) in [5, 5.41) is 6.50. The Morgan fingerprint density at radius 3 is 3.07 bits per heavy atom. The average Bonchev–Trinajstić information content (AvgIpc) is 2.69. The van der Waals surface area contributed by atoms with Gasteiger partial charge in [0.2, 0.25) is 0 Å². The number of aromatic amines is 1. The van der Waals surface area contributed by atoms with Gasteiger partial charge in [0.25, 0.3) is 0 Å². The summed E-state index contributed by atoms with van der Waals surface area (Å²) >= 11 is 0. The van der Waals surface area contributed by atoms with Crippen molar-refractivity contribution in [1.82, 2.24) is 10.2 Å². The van der Waals surface area contributed by atoms with Crippen LogP contribution in [0.4, 0.5) is 0 Å². The predicted molar refractivity (Wildman–Crippen MR) is 54.0 cm³/mol. The van der Waals surface area contributed by atoms with Crippen LogP contribution in [-0.2, 0) is 0 Å². The van der Waals surface area contributed by atoms with Gasteiger partial charge < -0.3 is 0 Å². The van der Waals surface area contributed by atoms with Gasteiger partial charge >= 0.3 is 0 Å². The second-order valence-corrected chi connectivity index (χ2v) is 4.32. The fourth-order valence-corrected chi connectivity index (χ4v) is 2.29. The number of nitrogens with zero attached hydrogens (tertiary/aromatic N) is 1. The van der Waals surface area contributed by atoms with Crippen molar-refractivity contribution in [2.45, 2.75) is 32.6 Å². The number of carbonyl (C=O) groups is 1. The van der Waals surface area contributed by atoms with Gasteiger partial charge in [-0.15, -0.1) is 0 Å². The van der Waals surface area contributed by atoms with Crippen molar-refractivity contribution < 1.29 is 4.79 Å². The van der Waals surface area contributed by atoms with Gasteiger partial charge in [-0.2, -0.15) is 5.10 Å². The highest BCUT2D eigenvalue weighted by atomic mass is 16.1. The lowest BCUT2D eigenvalue weighted by atomic mass is 9.79. The first-order valence-electron chi connectivity index (χ1n) is 5.30. The third-order valence-corrected chi connectivity index (χ3v) is 3.09. The van der Waals surface area contributed by atoms with E-state index < -0.39 is 0 Å². The number of aromatic nitrogens is 2. The van der Waals surface area contributed by atoms with Gasteiger partial charge in [-0.1, -0.05) is 19.8 Å². The molecule has 1 fully saturated rings. The van der Waals surface area contributed by atoms with Gasteiger partial charge in [0.15, 0.2) is 5.78 Å². The highest BCUT2D eigenvalue weighted by Gasteiger charge is 2.26. The topological polar surface area (TPSA) is 45.8 Å². The maximum absolute atomic E-state index is 11.9. The number of hydrogen-bond donors (Lipinski definition) is 1. The predicted octanol–water partition coefficient (Wildman–Crippen LogP) is 2.42. The lowest BCUT2D eigenvalue weighted by Crippen LogP contribution is -2.21. The van der Waals surface area contributed by atoms with E-state index in [0.717, 1.165) is 18.4 Å². The molecule has 0 spiro atoms. The van der Waals surface area contributed by atoms with E-state index in [1.54, 1.807) is 12.4 Å². The highest BCUT2D eigenvalue weighted by Crippen LogP contribution is 2.30. The first kappa shape index (κ1) is 9.44. The van der Waals surface area contributed by atoms with E-state index in [-0.39, 0.29) is 11.7 Å². The minimum atomic E-state index is 0.233. The number of nitrogens with one attached hydrogen (secondary N) is 1. The molecule has 0 bridgehead atoms. The summed E-state index contributed by atoms with van der Waals surface area (Å²) < 4.78 is 0. The number of ketones is 1. The lowest BCUT2D eigenvalue weighted by molar-refractivity contribution is 0.0868. The molecular formula is C11H16N2O. The van der Waals surface area contributed by atoms with Crippen LogP contribution in [0.1, 0.15) is 43.0 Å². The Morgan fingerprint density at radius 2 is 2.43 bits per heavy atom. The summed E-state index contributed by atoms with van der Waals surface area (Å²) in [7, 11) is 0. The van der Waals surface area contributed by atoms with E-state index in [1.807, 2.05) is 0 Å². The van der Waals surface area contributed by atoms with E-state index in [2.05, 4.69) is 17.1 Å². The summed E-state index contributed by atoms with van der Waals surface area (Å²) in [6.45, 7) is 2.23. The third kappa shape index (κ3) is 1.86. The fraction of sp³-hybridized carbons (Fsp3) is 0.636. The van der Waals surface area contributed by atoms with Gasteiger partial charge in [-0.3, -0.25) is 9.89 Å². The van der Waals surface area contributed by atoms with Crippen molar-refractivity contribution in [2.24, 2.45) is 11.8 Å². The van der Waals surface area contributed by atoms with Crippen molar-refractivity contribution in [1.29, 1.82) is 0 Å². The van der Waals surface area contributed by atoms with Gasteiger partial charge in [0, 0.05) is 12.1 Å². The molecule has 14 heavy (non-hydrogen) atoms. The van der Waals surface area contributed by atoms with Gasteiger partial charge in [-0.05, 0) is 18.8 Å². The Bertz CT molecular complexity index is 305. The van der Waals surface area contributed by atoms with Crippen molar-refractivity contribution >= 4 is 5.78 Å². The normalized spacial score (nSPS) is 27.5. The maximum atomic E-state index is 11.9. The van der Waals surface area contributed by atoms with Crippen LogP contribution in [0.25, 0.3) is 0 Å². The third-order valence-electron chi connectivity index (χ3n) is 3.09. The molecule has 1 saturated carbocycles. The maximum Gasteiger partial charge on any atom is 0.169 e. The zero-order valence-corrected chi connectivity index (χ0v) is 8.49. The van der Waals surface area contributed by atoms with Crippen LogP contribution in [0.3, 0.4) is 0 Å². The van der Waals surface area contributed by atoms with Crippen LogP contribution in [0, 0.1) is 11.8 Å². The number of carbonyl (C=O) groups excluding carboxylic acids is 1. The molecule has 2 atom stereocenters. The van der Waals surface area contributed by atoms with Crippen LogP contribution >= 0.6 is 0 Å². The molecule has 0 radical (unpaired) electrons. The molecule has 0 aromatic carbocycles. The molecule has 2 rings (SSSR count). The molecule has 1 aromatic heterocycles. The second-order valence-electron chi connectivity index (χ2n) is 4.32. The molecule has 1 heterocycles. The summed E-state index contributed by atoms with van der Waals surface area (Å²) in [6, 6.07) is 0. The zero-order chi connectivity index (χ0) is 9.97. The Hall–Kier alpha value is -1.12. The highest BCUT2D eigenvalue weighted by molar-refractivity contribution is 5.97. The van der Waals surface area contributed by atoms with E-state index in [1.165, 1.54) is 12.8 Å². The summed E-state index contributed by atoms with van der Waals surface area (Å²) in [5.74, 6) is 1.20. The van der Waals surface area contributed by atoms with Crippen molar-refractivity contribution in [3.05, 3.63) is 18.0 Å². The Balaban J connectivity index is 2.04. The first-order chi connectivity index (χ1) is 6.77. The molecule has 0 saturated heterocycles. The molecule has 0 aliphatic heterocycles. The van der Waals surface area contributed by atoms with E-state index in [4.69, 9.17) is 0 Å². The number of rotatable bonds is 2. The molecule has 76 valence electrons. The van der Waals surface area contributed by atoms with Crippen LogP contribution in [0.5, 0.6) is 0 Å². The van der Waals surface area contributed by atoms with E-state index >= 15 is 0 Å². The molecule has 2 unspecified atom stereocenters. The summed E-state index contributed by atoms with van der Waals surface area (Å²) in [5.41, 5.74) is 0.740. The minimum absolute atomic E-state index is 0.233. The molecule has 1 aliphatic rings. The first-order valence-corrected chi connectivity index (χ1v) is 5.30. The quantitative estimate of drug-likeness (QED) is 0.731. The van der Waals surface area contributed by atoms with Gasteiger partial charge in [-0.25, -0.2) is 0 Å². The van der Waals surface area contributed by atoms with Crippen LogP contribution in [-0.4, -0.2) is 16.0 Å². The van der Waals surface area contributed by atoms with Crippen LogP contribution in [0.2, 0.25) is 0 Å². The average molecular weight is 192 g/mol. The number of H-pyrrole nitrogens is 1. The monoisotopic (exact) mass is 192 g/mol. The van der Waals surface area contributed by atoms with Gasteiger partial charge in [0.05, 0.1) is 11.8 Å². The number of Topliss-reactive ketones (excluding diaryl/α,β-unsaturated/α-hetero) is 1. The summed E-state index contributed by atoms with van der Waals surface area (Å²) in [4.78, 5) is 11.9.